The van der Waals surface area contributed by atoms with Crippen molar-refractivity contribution in [1.29, 1.82) is 0 Å². The minimum Gasteiger partial charge on any atom is -0.415 e. The van der Waals surface area contributed by atoms with Gasteiger partial charge in [-0.25, -0.2) is 0 Å². The highest BCUT2D eigenvalue weighted by atomic mass is 32.5. The monoisotopic (exact) mass is 865 g/mol. The van der Waals surface area contributed by atoms with E-state index in [4.69, 9.17) is 25.4 Å². The van der Waals surface area contributed by atoms with Crippen LogP contribution in [0.1, 0.15) is 310 Å². The molecular weight excluding hydrogens is 760 g/mol. The van der Waals surface area contributed by atoms with Crippen molar-refractivity contribution in [3.8, 4) is 0 Å². The summed E-state index contributed by atoms with van der Waals surface area (Å²) in [4.78, 5) is 0. The number of hydrogen-bond donors (Lipinski definition) is 0. The zero-order valence-electron chi connectivity index (χ0n) is 40.4. The van der Waals surface area contributed by atoms with Crippen molar-refractivity contribution in [2.45, 2.75) is 310 Å². The third-order valence-electron chi connectivity index (χ3n) is 12.0. The Hall–Kier alpha value is -0.730. The van der Waals surface area contributed by atoms with E-state index in [2.05, 4.69) is 39.0 Å². The lowest BCUT2D eigenvalue weighted by molar-refractivity contribution is 0.298. The molecule has 0 N–H and O–H groups in total. The maximum absolute atomic E-state index is 6.00. The van der Waals surface area contributed by atoms with Crippen LogP contribution in [0.3, 0.4) is 0 Å². The van der Waals surface area contributed by atoms with Gasteiger partial charge in [-0.2, -0.15) is 0 Å². The summed E-state index contributed by atoms with van der Waals surface area (Å²) in [6, 6.07) is 0. The topological polar surface area (TPSA) is 27.7 Å². The molecule has 0 atom stereocenters. The van der Waals surface area contributed by atoms with Gasteiger partial charge in [-0.3, -0.25) is 0 Å². The first-order chi connectivity index (χ1) is 29.2. The minimum absolute atomic E-state index is 1.01. The van der Waals surface area contributed by atoms with Crippen LogP contribution in [0.15, 0.2) is 37.0 Å². The normalized spacial score (nSPS) is 13.0. The number of unbranched alkanes of at least 4 members (excludes halogenated alkanes) is 42. The molecule has 0 aliphatic heterocycles. The number of hydrogen-bond acceptors (Lipinski definition) is 4. The standard InChI is InChI=1S/C54H105O3PS/c1-4-7-10-13-16-19-22-25-28-31-34-37-40-43-46-49-52-55-58(59,56-53-50-47-44-41-38-35-32-29-26-23-20-17-14-11-8-5-2)57-54-51-48-45-42-39-36-33-30-27-24-21-18-15-12-9-6-3/h49-54H,4-48H2,1-3H3. The molecule has 0 aliphatic rings. The molecule has 0 heterocycles. The molecule has 0 radical (unpaired) electrons. The SMILES string of the molecule is CCCCCCCCCCCCCCCCC=COP(=S)(OC=CCCCCCCCCCCCCCCCC)OC=CCCCCCCCCCCCCCCCC. The fourth-order valence-corrected chi connectivity index (χ4v) is 9.30. The predicted octanol–water partition coefficient (Wildman–Crippen LogP) is 21.4. The maximum Gasteiger partial charge on any atom is 0.488 e. The molecule has 0 saturated carbocycles. The zero-order chi connectivity index (χ0) is 42.7. The molecular formula is C54H105O3PS. The Bertz CT molecular complexity index is 803. The van der Waals surface area contributed by atoms with Crippen LogP contribution in [-0.2, 0) is 25.4 Å². The van der Waals surface area contributed by atoms with Crippen LogP contribution in [0, 0.1) is 0 Å². The predicted molar refractivity (Wildman–Crippen MR) is 270 cm³/mol. The fraction of sp³-hybridized carbons (Fsp3) is 0.889. The lowest BCUT2D eigenvalue weighted by Gasteiger charge is -2.17. The lowest BCUT2D eigenvalue weighted by Crippen LogP contribution is -1.89. The summed E-state index contributed by atoms with van der Waals surface area (Å²) in [6.07, 6.45) is 72.7. The van der Waals surface area contributed by atoms with Crippen molar-refractivity contribution in [3.63, 3.8) is 0 Å². The molecule has 3 nitrogen and oxygen atoms in total. The molecule has 0 aromatic heterocycles. The van der Waals surface area contributed by atoms with Crippen molar-refractivity contribution >= 4 is 18.5 Å². The van der Waals surface area contributed by atoms with Gasteiger partial charge in [-0.15, -0.1) is 0 Å². The highest BCUT2D eigenvalue weighted by molar-refractivity contribution is 8.07. The van der Waals surface area contributed by atoms with E-state index in [0.29, 0.717) is 0 Å². The molecule has 0 spiro atoms. The molecule has 0 aromatic carbocycles. The van der Waals surface area contributed by atoms with Crippen LogP contribution in [-0.4, -0.2) is 0 Å². The van der Waals surface area contributed by atoms with Crippen LogP contribution in [0.25, 0.3) is 0 Å². The summed E-state index contributed by atoms with van der Waals surface area (Å²) in [5, 5.41) is 0. The second-order valence-corrected chi connectivity index (χ2v) is 20.9. The van der Waals surface area contributed by atoms with E-state index in [0.717, 1.165) is 19.3 Å². The summed E-state index contributed by atoms with van der Waals surface area (Å²) in [6.45, 7) is 3.98. The summed E-state index contributed by atoms with van der Waals surface area (Å²) in [7, 11) is 0. The van der Waals surface area contributed by atoms with E-state index in [1.165, 1.54) is 270 Å². The minimum atomic E-state index is -2.92. The molecule has 0 aromatic rings. The zero-order valence-corrected chi connectivity index (χ0v) is 42.1. The molecule has 0 saturated heterocycles. The van der Waals surface area contributed by atoms with Crippen LogP contribution < -0.4 is 0 Å². The van der Waals surface area contributed by atoms with Crippen molar-refractivity contribution in [1.82, 2.24) is 0 Å². The largest absolute Gasteiger partial charge is 0.488 e. The summed E-state index contributed by atoms with van der Waals surface area (Å²) < 4.78 is 18.0. The van der Waals surface area contributed by atoms with Crippen LogP contribution >= 0.6 is 6.72 Å². The van der Waals surface area contributed by atoms with Crippen LogP contribution in [0.2, 0.25) is 0 Å². The van der Waals surface area contributed by atoms with E-state index in [-0.39, 0.29) is 0 Å². The maximum atomic E-state index is 6.00. The Balaban J connectivity index is 4.27. The first-order valence-electron chi connectivity index (χ1n) is 26.8. The van der Waals surface area contributed by atoms with Crippen LogP contribution in [0.5, 0.6) is 0 Å². The van der Waals surface area contributed by atoms with Gasteiger partial charge in [-0.1, -0.05) is 271 Å². The molecule has 0 bridgehead atoms. The highest BCUT2D eigenvalue weighted by Crippen LogP contribution is 2.51. The molecule has 0 rings (SSSR count). The summed E-state index contributed by atoms with van der Waals surface area (Å²) in [5.74, 6) is 0. The molecule has 350 valence electrons. The molecule has 0 unspecified atom stereocenters. The fourth-order valence-electron chi connectivity index (χ4n) is 8.00. The van der Waals surface area contributed by atoms with E-state index >= 15 is 0 Å². The molecule has 59 heavy (non-hydrogen) atoms. The second-order valence-electron chi connectivity index (χ2n) is 18.0. The molecule has 0 amide bonds. The summed E-state index contributed by atoms with van der Waals surface area (Å²) in [5.41, 5.74) is 0. The van der Waals surface area contributed by atoms with Crippen molar-refractivity contribution < 1.29 is 13.6 Å². The highest BCUT2D eigenvalue weighted by Gasteiger charge is 2.20. The van der Waals surface area contributed by atoms with Gasteiger partial charge < -0.3 is 13.6 Å². The van der Waals surface area contributed by atoms with E-state index < -0.39 is 6.72 Å². The first-order valence-corrected chi connectivity index (χ1v) is 29.3. The van der Waals surface area contributed by atoms with Crippen molar-refractivity contribution in [3.05, 3.63) is 37.0 Å². The Morgan fingerprint density at radius 3 is 0.576 bits per heavy atom. The van der Waals surface area contributed by atoms with Gasteiger partial charge in [0, 0.05) is 11.8 Å². The van der Waals surface area contributed by atoms with Gasteiger partial charge in [0.05, 0.1) is 18.8 Å². The van der Waals surface area contributed by atoms with E-state index in [1.54, 1.807) is 18.8 Å². The smallest absolute Gasteiger partial charge is 0.415 e. The van der Waals surface area contributed by atoms with Crippen molar-refractivity contribution in [2.75, 3.05) is 0 Å². The molecule has 0 fully saturated rings. The average molecular weight is 865 g/mol. The first kappa shape index (κ1) is 58.3. The van der Waals surface area contributed by atoms with Gasteiger partial charge >= 0.3 is 6.72 Å². The van der Waals surface area contributed by atoms with Crippen molar-refractivity contribution in [2.24, 2.45) is 0 Å². The Morgan fingerprint density at radius 1 is 0.254 bits per heavy atom. The third kappa shape index (κ3) is 49.8. The number of rotatable bonds is 51. The van der Waals surface area contributed by atoms with Gasteiger partial charge in [0.25, 0.3) is 0 Å². The van der Waals surface area contributed by atoms with Gasteiger partial charge in [0.1, 0.15) is 0 Å². The molecule has 0 aliphatic carbocycles. The van der Waals surface area contributed by atoms with Gasteiger partial charge in [-0.05, 0) is 56.8 Å². The summed E-state index contributed by atoms with van der Waals surface area (Å²) >= 11 is 5.82. The Labute approximate surface area is 377 Å². The molecule has 5 heteroatoms. The lowest BCUT2D eigenvalue weighted by atomic mass is 10.0. The third-order valence-corrected chi connectivity index (χ3v) is 13.9. The van der Waals surface area contributed by atoms with E-state index in [9.17, 15) is 0 Å². The van der Waals surface area contributed by atoms with Gasteiger partial charge in [0.2, 0.25) is 0 Å². The Morgan fingerprint density at radius 2 is 0.407 bits per heavy atom. The average Bonchev–Trinajstić information content (AvgIpc) is 3.24. The Kier molecular flexibility index (Phi) is 51.0. The number of allylic oxidation sites excluding steroid dienone is 3. The van der Waals surface area contributed by atoms with E-state index in [1.807, 2.05) is 0 Å². The van der Waals surface area contributed by atoms with Crippen LogP contribution in [0.4, 0.5) is 0 Å². The second kappa shape index (κ2) is 51.6. The van der Waals surface area contributed by atoms with Gasteiger partial charge in [0.15, 0.2) is 0 Å². The quantitative estimate of drug-likeness (QED) is 0.0346.